The lowest BCUT2D eigenvalue weighted by Gasteiger charge is -2.37. The van der Waals surface area contributed by atoms with Gasteiger partial charge in [-0.05, 0) is 71.8 Å². The largest absolute Gasteiger partial charge is 0.497 e. The molecule has 7 rings (SSSR count). The second-order valence-electron chi connectivity index (χ2n) is 10.7. The highest BCUT2D eigenvalue weighted by atomic mass is 16.5. The number of rotatable bonds is 6. The van der Waals surface area contributed by atoms with Gasteiger partial charge in [0.05, 0.1) is 26.2 Å². The van der Waals surface area contributed by atoms with Crippen molar-refractivity contribution >= 4 is 34.9 Å². The van der Waals surface area contributed by atoms with E-state index in [2.05, 4.69) is 5.32 Å². The number of carbonyl (C=O) groups excluding carboxylic acids is 3. The first kappa shape index (κ1) is 25.8. The number of anilines is 2. The molecule has 3 heterocycles. The molecule has 3 aliphatic heterocycles. The van der Waals surface area contributed by atoms with Crippen molar-refractivity contribution in [3.8, 4) is 11.5 Å². The van der Waals surface area contributed by atoms with Crippen LogP contribution < -0.4 is 19.7 Å². The fraction of sp³-hybridized carbons (Fsp3) is 0.171. The van der Waals surface area contributed by atoms with E-state index in [4.69, 9.17) is 9.47 Å². The molecule has 0 bridgehead atoms. The SMILES string of the molecule is COc1ccc(C(=O)[C@@H]2[C@H](C(=O)c3ccc(OC)cc3)N3c4ccccc4C=C[C@@H]3[C@]23C(=O)Nc2ccccc23)cc1. The summed E-state index contributed by atoms with van der Waals surface area (Å²) in [5.41, 5.74) is 2.57. The Balaban J connectivity index is 1.50. The highest BCUT2D eigenvalue weighted by Gasteiger charge is 2.70. The van der Waals surface area contributed by atoms with Gasteiger partial charge in [-0.25, -0.2) is 0 Å². The lowest BCUT2D eigenvalue weighted by molar-refractivity contribution is -0.121. The highest BCUT2D eigenvalue weighted by molar-refractivity contribution is 6.18. The van der Waals surface area contributed by atoms with E-state index in [-0.39, 0.29) is 17.5 Å². The maximum absolute atomic E-state index is 14.8. The van der Waals surface area contributed by atoms with Crippen molar-refractivity contribution < 1.29 is 23.9 Å². The van der Waals surface area contributed by atoms with Crippen molar-refractivity contribution in [2.75, 3.05) is 24.4 Å². The van der Waals surface area contributed by atoms with Crippen LogP contribution in [0.2, 0.25) is 0 Å². The summed E-state index contributed by atoms with van der Waals surface area (Å²) >= 11 is 0. The smallest absolute Gasteiger partial charge is 0.238 e. The average molecular weight is 557 g/mol. The Morgan fingerprint density at radius 2 is 1.36 bits per heavy atom. The van der Waals surface area contributed by atoms with Crippen LogP contribution in [0.5, 0.6) is 11.5 Å². The van der Waals surface area contributed by atoms with Gasteiger partial charge >= 0.3 is 0 Å². The van der Waals surface area contributed by atoms with Crippen molar-refractivity contribution in [1.29, 1.82) is 0 Å². The molecule has 1 spiro atoms. The van der Waals surface area contributed by atoms with E-state index in [9.17, 15) is 14.4 Å². The molecule has 7 heteroatoms. The van der Waals surface area contributed by atoms with Crippen LogP contribution in [-0.2, 0) is 10.2 Å². The number of carbonyl (C=O) groups is 3. The predicted molar refractivity (Wildman–Crippen MR) is 160 cm³/mol. The lowest BCUT2D eigenvalue weighted by Crippen LogP contribution is -2.51. The quantitative estimate of drug-likeness (QED) is 0.313. The molecule has 0 aliphatic carbocycles. The summed E-state index contributed by atoms with van der Waals surface area (Å²) in [4.78, 5) is 45.9. The number of methoxy groups -OCH3 is 2. The Hall–Kier alpha value is -5.17. The van der Waals surface area contributed by atoms with Crippen LogP contribution >= 0.6 is 0 Å². The molecule has 1 N–H and O–H groups in total. The first-order chi connectivity index (χ1) is 20.5. The zero-order chi connectivity index (χ0) is 29.0. The number of ether oxygens (including phenoxy) is 2. The summed E-state index contributed by atoms with van der Waals surface area (Å²) in [7, 11) is 3.13. The van der Waals surface area contributed by atoms with E-state index < -0.39 is 23.4 Å². The van der Waals surface area contributed by atoms with Crippen LogP contribution in [0.15, 0.2) is 103 Å². The zero-order valence-electron chi connectivity index (χ0n) is 23.1. The van der Waals surface area contributed by atoms with Crippen LogP contribution in [0, 0.1) is 5.92 Å². The molecule has 0 aromatic heterocycles. The molecule has 1 fully saturated rings. The average Bonchev–Trinajstić information content (AvgIpc) is 3.52. The van der Waals surface area contributed by atoms with Crippen LogP contribution in [-0.4, -0.2) is 43.8 Å². The number of nitrogens with zero attached hydrogens (tertiary/aromatic N) is 1. The van der Waals surface area contributed by atoms with E-state index in [0.717, 1.165) is 11.3 Å². The third kappa shape index (κ3) is 3.56. The molecule has 42 heavy (non-hydrogen) atoms. The van der Waals surface area contributed by atoms with E-state index in [1.54, 1.807) is 62.8 Å². The fourth-order valence-corrected chi connectivity index (χ4v) is 6.98. The molecule has 4 aromatic rings. The van der Waals surface area contributed by atoms with Gasteiger partial charge in [0, 0.05) is 22.5 Å². The third-order valence-corrected chi connectivity index (χ3v) is 8.84. The van der Waals surface area contributed by atoms with Crippen LogP contribution in [0.4, 0.5) is 11.4 Å². The van der Waals surface area contributed by atoms with E-state index >= 15 is 0 Å². The molecule has 0 radical (unpaired) electrons. The van der Waals surface area contributed by atoms with Gasteiger partial charge in [-0.15, -0.1) is 0 Å². The molecule has 3 aliphatic rings. The minimum Gasteiger partial charge on any atom is -0.497 e. The number of nitrogens with one attached hydrogen (secondary N) is 1. The van der Waals surface area contributed by atoms with E-state index in [1.807, 2.05) is 65.6 Å². The van der Waals surface area contributed by atoms with Gasteiger partial charge in [-0.1, -0.05) is 48.6 Å². The molecule has 4 atom stereocenters. The number of benzene rings is 4. The Kier molecular flexibility index (Phi) is 5.97. The monoisotopic (exact) mass is 556 g/mol. The van der Waals surface area contributed by atoms with Crippen molar-refractivity contribution in [3.63, 3.8) is 0 Å². The second-order valence-corrected chi connectivity index (χ2v) is 10.7. The number of amides is 1. The molecule has 1 saturated heterocycles. The Bertz CT molecular complexity index is 1760. The summed E-state index contributed by atoms with van der Waals surface area (Å²) in [6, 6.07) is 27.4. The first-order valence-corrected chi connectivity index (χ1v) is 13.8. The molecule has 0 unspecified atom stereocenters. The Morgan fingerprint density at radius 3 is 2.02 bits per heavy atom. The van der Waals surface area contributed by atoms with Crippen molar-refractivity contribution in [2.24, 2.45) is 5.92 Å². The first-order valence-electron chi connectivity index (χ1n) is 13.8. The molecule has 1 amide bonds. The van der Waals surface area contributed by atoms with Crippen molar-refractivity contribution in [3.05, 3.63) is 125 Å². The van der Waals surface area contributed by atoms with Crippen LogP contribution in [0.1, 0.15) is 31.8 Å². The number of para-hydroxylation sites is 2. The summed E-state index contributed by atoms with van der Waals surface area (Å²) < 4.78 is 10.7. The molecular weight excluding hydrogens is 528 g/mol. The number of fused-ring (bicyclic) bond motifs is 6. The number of ketones is 2. The molecule has 7 nitrogen and oxygen atoms in total. The zero-order valence-corrected chi connectivity index (χ0v) is 23.1. The normalized spacial score (nSPS) is 23.1. The number of hydrogen-bond donors (Lipinski definition) is 1. The second kappa shape index (κ2) is 9.73. The summed E-state index contributed by atoms with van der Waals surface area (Å²) in [6.07, 6.45) is 3.96. The highest BCUT2D eigenvalue weighted by Crippen LogP contribution is 2.58. The maximum Gasteiger partial charge on any atom is 0.238 e. The predicted octanol–water partition coefficient (Wildman–Crippen LogP) is 5.56. The van der Waals surface area contributed by atoms with Crippen LogP contribution in [0.3, 0.4) is 0 Å². The topological polar surface area (TPSA) is 84.9 Å². The minimum atomic E-state index is -1.36. The molecule has 208 valence electrons. The van der Waals surface area contributed by atoms with E-state index in [1.165, 1.54) is 0 Å². The Morgan fingerprint density at radius 1 is 0.762 bits per heavy atom. The van der Waals surface area contributed by atoms with Crippen molar-refractivity contribution in [2.45, 2.75) is 17.5 Å². The summed E-state index contributed by atoms with van der Waals surface area (Å²) in [5.74, 6) is -0.625. The van der Waals surface area contributed by atoms with Crippen molar-refractivity contribution in [1.82, 2.24) is 0 Å². The fourth-order valence-electron chi connectivity index (χ4n) is 6.98. The van der Waals surface area contributed by atoms with Gasteiger partial charge in [-0.2, -0.15) is 0 Å². The van der Waals surface area contributed by atoms with Gasteiger partial charge in [0.1, 0.15) is 23.0 Å². The maximum atomic E-state index is 14.8. The molecule has 4 aromatic carbocycles. The lowest BCUT2D eigenvalue weighted by atomic mass is 9.64. The third-order valence-electron chi connectivity index (χ3n) is 8.84. The van der Waals surface area contributed by atoms with E-state index in [0.29, 0.717) is 33.9 Å². The van der Waals surface area contributed by atoms with Gasteiger partial charge < -0.3 is 19.7 Å². The summed E-state index contributed by atoms with van der Waals surface area (Å²) in [6.45, 7) is 0. The number of hydrogen-bond acceptors (Lipinski definition) is 6. The summed E-state index contributed by atoms with van der Waals surface area (Å²) in [5, 5.41) is 3.06. The van der Waals surface area contributed by atoms with Crippen LogP contribution in [0.25, 0.3) is 6.08 Å². The molecule has 0 saturated carbocycles. The minimum absolute atomic E-state index is 0.242. The standard InChI is InChI=1S/C35H28N2O5/c1-41-24-16-11-22(12-17-24)32(38)30-31(33(39)23-13-18-25(42-2)19-14-23)37-28-10-6-3-7-21(28)15-20-29(37)35(30)26-8-4-5-9-27(26)36-34(35)40/h3-20,29-31H,1-2H3,(H,36,40)/t29-,30+,31-,35+/m1/s1. The van der Waals surface area contributed by atoms with Gasteiger partial charge in [0.25, 0.3) is 0 Å². The van der Waals surface area contributed by atoms with Gasteiger partial charge in [0.15, 0.2) is 11.6 Å². The Labute approximate surface area is 243 Å². The van der Waals surface area contributed by atoms with Gasteiger partial charge in [-0.3, -0.25) is 14.4 Å². The number of Topliss-reactive ketones (excluding diaryl/α,β-unsaturated/α-hetero) is 2. The molecular formula is C35H28N2O5. The van der Waals surface area contributed by atoms with Gasteiger partial charge in [0.2, 0.25) is 5.91 Å².